The second-order valence-corrected chi connectivity index (χ2v) is 6.12. The highest BCUT2D eigenvalue weighted by atomic mass is 79.9. The van der Waals surface area contributed by atoms with Crippen LogP contribution < -0.4 is 5.32 Å². The van der Waals surface area contributed by atoms with Crippen LogP contribution in [-0.4, -0.2) is 5.91 Å². The molecule has 2 aromatic carbocycles. The van der Waals surface area contributed by atoms with Gasteiger partial charge in [-0.2, -0.15) is 0 Å². The number of rotatable bonds is 2. The van der Waals surface area contributed by atoms with Crippen molar-refractivity contribution in [2.75, 3.05) is 5.32 Å². The van der Waals surface area contributed by atoms with Crippen molar-refractivity contribution in [3.05, 3.63) is 64.1 Å². The van der Waals surface area contributed by atoms with Crippen molar-refractivity contribution in [2.45, 2.75) is 19.3 Å². The molecule has 0 saturated heterocycles. The van der Waals surface area contributed by atoms with Gasteiger partial charge in [0.1, 0.15) is 0 Å². The molecule has 0 bridgehead atoms. The molecule has 0 heterocycles. The largest absolute Gasteiger partial charge is 0.326 e. The normalized spacial score (nSPS) is 17.4. The second-order valence-electron chi connectivity index (χ2n) is 5.20. The summed E-state index contributed by atoms with van der Waals surface area (Å²) in [5.41, 5.74) is 3.56. The topological polar surface area (TPSA) is 29.1 Å². The molecule has 102 valence electrons. The Morgan fingerprint density at radius 3 is 2.50 bits per heavy atom. The lowest BCUT2D eigenvalue weighted by Gasteiger charge is -2.23. The van der Waals surface area contributed by atoms with E-state index in [1.807, 2.05) is 30.3 Å². The van der Waals surface area contributed by atoms with Crippen LogP contribution in [0.25, 0.3) is 0 Å². The van der Waals surface area contributed by atoms with Crippen LogP contribution in [0.4, 0.5) is 5.69 Å². The lowest BCUT2D eigenvalue weighted by molar-refractivity contribution is -0.120. The highest BCUT2D eigenvalue weighted by Gasteiger charge is 2.24. The van der Waals surface area contributed by atoms with Crippen LogP contribution in [0.1, 0.15) is 17.5 Å². The fraction of sp³-hybridized carbons (Fsp3) is 0.235. The number of hydrogen-bond acceptors (Lipinski definition) is 1. The summed E-state index contributed by atoms with van der Waals surface area (Å²) in [6.07, 6.45) is 2.77. The van der Waals surface area contributed by atoms with E-state index in [9.17, 15) is 4.79 Å². The molecule has 1 aliphatic rings. The molecule has 2 nitrogen and oxygen atoms in total. The van der Waals surface area contributed by atoms with Crippen LogP contribution in [0.3, 0.4) is 0 Å². The van der Waals surface area contributed by atoms with Gasteiger partial charge in [-0.05, 0) is 54.7 Å². The summed E-state index contributed by atoms with van der Waals surface area (Å²) in [6, 6.07) is 16.1. The van der Waals surface area contributed by atoms with Crippen LogP contribution in [-0.2, 0) is 17.6 Å². The number of anilines is 1. The summed E-state index contributed by atoms with van der Waals surface area (Å²) in [7, 11) is 0. The van der Waals surface area contributed by atoms with Crippen LogP contribution in [0.5, 0.6) is 0 Å². The van der Waals surface area contributed by atoms with Crippen molar-refractivity contribution in [2.24, 2.45) is 5.92 Å². The number of benzene rings is 2. The molecule has 0 aromatic heterocycles. The van der Waals surface area contributed by atoms with Crippen LogP contribution in [0, 0.1) is 5.92 Å². The SMILES string of the molecule is O=C(Nc1ccc(Br)cc1)C1CCc2ccccc2C1. The molecule has 2 aromatic rings. The molecule has 0 radical (unpaired) electrons. The van der Waals surface area contributed by atoms with Gasteiger partial charge in [0, 0.05) is 16.1 Å². The van der Waals surface area contributed by atoms with Crippen molar-refractivity contribution in [1.82, 2.24) is 0 Å². The zero-order chi connectivity index (χ0) is 13.9. The lowest BCUT2D eigenvalue weighted by atomic mass is 9.83. The van der Waals surface area contributed by atoms with E-state index in [4.69, 9.17) is 0 Å². The third-order valence-corrected chi connectivity index (χ3v) is 4.36. The molecule has 20 heavy (non-hydrogen) atoms. The van der Waals surface area contributed by atoms with Gasteiger partial charge in [-0.15, -0.1) is 0 Å². The molecule has 1 atom stereocenters. The van der Waals surface area contributed by atoms with Gasteiger partial charge >= 0.3 is 0 Å². The quantitative estimate of drug-likeness (QED) is 0.879. The van der Waals surface area contributed by atoms with E-state index in [1.165, 1.54) is 11.1 Å². The number of carbonyl (C=O) groups excluding carboxylic acids is 1. The van der Waals surface area contributed by atoms with Gasteiger partial charge < -0.3 is 5.32 Å². The maximum Gasteiger partial charge on any atom is 0.227 e. The molecule has 3 heteroatoms. The Morgan fingerprint density at radius 1 is 1.05 bits per heavy atom. The van der Waals surface area contributed by atoms with Gasteiger partial charge in [0.2, 0.25) is 5.91 Å². The summed E-state index contributed by atoms with van der Waals surface area (Å²) >= 11 is 3.39. The minimum Gasteiger partial charge on any atom is -0.326 e. The second kappa shape index (κ2) is 5.80. The first-order valence-electron chi connectivity index (χ1n) is 6.85. The molecule has 1 unspecified atom stereocenters. The monoisotopic (exact) mass is 329 g/mol. The van der Waals surface area contributed by atoms with Crippen LogP contribution in [0.2, 0.25) is 0 Å². The molecule has 0 aliphatic heterocycles. The van der Waals surface area contributed by atoms with Crippen molar-refractivity contribution in [3.8, 4) is 0 Å². The van der Waals surface area contributed by atoms with Crippen LogP contribution in [0.15, 0.2) is 53.0 Å². The molecular weight excluding hydrogens is 314 g/mol. The summed E-state index contributed by atoms with van der Waals surface area (Å²) in [6.45, 7) is 0. The molecule has 0 fully saturated rings. The Hall–Kier alpha value is -1.61. The van der Waals surface area contributed by atoms with E-state index in [0.29, 0.717) is 0 Å². The summed E-state index contributed by atoms with van der Waals surface area (Å²) in [4.78, 5) is 12.3. The molecule has 1 amide bonds. The molecule has 0 spiro atoms. The first kappa shape index (κ1) is 13.4. The van der Waals surface area contributed by atoms with E-state index in [1.54, 1.807) is 0 Å². The minimum absolute atomic E-state index is 0.0774. The maximum atomic E-state index is 12.3. The van der Waals surface area contributed by atoms with E-state index in [0.717, 1.165) is 29.4 Å². The molecule has 1 aliphatic carbocycles. The molecule has 3 rings (SSSR count). The minimum atomic E-state index is 0.0774. The van der Waals surface area contributed by atoms with Crippen molar-refractivity contribution in [3.63, 3.8) is 0 Å². The highest BCUT2D eigenvalue weighted by Crippen LogP contribution is 2.26. The zero-order valence-corrected chi connectivity index (χ0v) is 12.7. The van der Waals surface area contributed by atoms with Gasteiger partial charge in [0.15, 0.2) is 0 Å². The maximum absolute atomic E-state index is 12.3. The zero-order valence-electron chi connectivity index (χ0n) is 11.1. The first-order valence-corrected chi connectivity index (χ1v) is 7.65. The number of carbonyl (C=O) groups is 1. The predicted octanol–water partition coefficient (Wildman–Crippen LogP) is 4.19. The summed E-state index contributed by atoms with van der Waals surface area (Å²) in [5, 5.41) is 3.01. The Balaban J connectivity index is 1.68. The van der Waals surface area contributed by atoms with Crippen LogP contribution >= 0.6 is 15.9 Å². The standard InChI is InChI=1S/C17H16BrNO/c18-15-7-9-16(10-8-15)19-17(20)14-6-5-12-3-1-2-4-13(12)11-14/h1-4,7-10,14H,5-6,11H2,(H,19,20). The summed E-state index contributed by atoms with van der Waals surface area (Å²) < 4.78 is 1.02. The number of amides is 1. The Morgan fingerprint density at radius 2 is 1.75 bits per heavy atom. The van der Waals surface area contributed by atoms with Crippen molar-refractivity contribution >= 4 is 27.5 Å². The van der Waals surface area contributed by atoms with E-state index in [-0.39, 0.29) is 11.8 Å². The average Bonchev–Trinajstić information content (AvgIpc) is 2.49. The Labute approximate surface area is 127 Å². The first-order chi connectivity index (χ1) is 9.72. The summed E-state index contributed by atoms with van der Waals surface area (Å²) in [5.74, 6) is 0.204. The van der Waals surface area contributed by atoms with E-state index in [2.05, 4.69) is 39.4 Å². The third kappa shape index (κ3) is 2.93. The van der Waals surface area contributed by atoms with Gasteiger partial charge in [-0.3, -0.25) is 4.79 Å². The van der Waals surface area contributed by atoms with Gasteiger partial charge in [-0.1, -0.05) is 40.2 Å². The van der Waals surface area contributed by atoms with Gasteiger partial charge in [0.25, 0.3) is 0 Å². The molecular formula is C17H16BrNO. The van der Waals surface area contributed by atoms with E-state index < -0.39 is 0 Å². The highest BCUT2D eigenvalue weighted by molar-refractivity contribution is 9.10. The molecule has 1 N–H and O–H groups in total. The average molecular weight is 330 g/mol. The van der Waals surface area contributed by atoms with Crippen molar-refractivity contribution in [1.29, 1.82) is 0 Å². The lowest BCUT2D eigenvalue weighted by Crippen LogP contribution is -2.28. The van der Waals surface area contributed by atoms with Gasteiger partial charge in [-0.25, -0.2) is 0 Å². The number of fused-ring (bicyclic) bond motifs is 1. The number of halogens is 1. The smallest absolute Gasteiger partial charge is 0.227 e. The fourth-order valence-electron chi connectivity index (χ4n) is 2.70. The van der Waals surface area contributed by atoms with Crippen molar-refractivity contribution < 1.29 is 4.79 Å². The predicted molar refractivity (Wildman–Crippen MR) is 84.7 cm³/mol. The molecule has 0 saturated carbocycles. The Kier molecular flexibility index (Phi) is 3.88. The fourth-order valence-corrected chi connectivity index (χ4v) is 2.96. The van der Waals surface area contributed by atoms with Gasteiger partial charge in [0.05, 0.1) is 0 Å². The number of nitrogens with one attached hydrogen (secondary N) is 1. The Bertz CT molecular complexity index is 621. The number of aryl methyl sites for hydroxylation is 1. The number of hydrogen-bond donors (Lipinski definition) is 1. The van der Waals surface area contributed by atoms with E-state index >= 15 is 0 Å². The third-order valence-electron chi connectivity index (χ3n) is 3.83.